The first kappa shape index (κ1) is 14.9. The van der Waals surface area contributed by atoms with Crippen molar-refractivity contribution in [3.8, 4) is 0 Å². The van der Waals surface area contributed by atoms with E-state index in [4.69, 9.17) is 4.98 Å². The van der Waals surface area contributed by atoms with Gasteiger partial charge in [-0.2, -0.15) is 4.98 Å². The van der Waals surface area contributed by atoms with Crippen LogP contribution in [0.2, 0.25) is 0 Å². The van der Waals surface area contributed by atoms with Gasteiger partial charge in [0.05, 0.1) is 5.92 Å². The first-order valence-electron chi connectivity index (χ1n) is 8.69. The minimum atomic E-state index is -0.715. The maximum absolute atomic E-state index is 14.3. The summed E-state index contributed by atoms with van der Waals surface area (Å²) < 4.78 is 14.3. The summed E-state index contributed by atoms with van der Waals surface area (Å²) in [6, 6.07) is 5.29. The highest BCUT2D eigenvalue weighted by Crippen LogP contribution is 2.59. The van der Waals surface area contributed by atoms with E-state index in [-0.39, 0.29) is 17.2 Å². The standard InChI is InChI=1S/C18H19FN4O2/c1-10-5-6-23(10)17-20-14-11(3-2-4-13(14)19)15(21-17)22-8-18(9-22)7-12(18)16(24)25/h2-4,10,12H,5-9H2,1H3,(H,24,25)/t10-,12+/m0/s1. The Hall–Kier alpha value is -2.44. The maximum Gasteiger partial charge on any atom is 0.307 e. The summed E-state index contributed by atoms with van der Waals surface area (Å²) in [7, 11) is 0. The fraction of sp³-hybridized carbons (Fsp3) is 0.500. The van der Waals surface area contributed by atoms with Gasteiger partial charge in [-0.15, -0.1) is 0 Å². The molecule has 0 radical (unpaired) electrons. The summed E-state index contributed by atoms with van der Waals surface area (Å²) in [6.07, 6.45) is 1.81. The molecule has 1 saturated carbocycles. The molecule has 7 heteroatoms. The molecule has 1 aromatic carbocycles. The molecule has 130 valence electrons. The van der Waals surface area contributed by atoms with Crippen LogP contribution in [0.1, 0.15) is 19.8 Å². The van der Waals surface area contributed by atoms with Crippen LogP contribution in [0, 0.1) is 17.2 Å². The molecule has 0 unspecified atom stereocenters. The van der Waals surface area contributed by atoms with Crippen molar-refractivity contribution in [1.82, 2.24) is 9.97 Å². The fourth-order valence-corrected chi connectivity index (χ4v) is 4.18. The zero-order valence-corrected chi connectivity index (χ0v) is 13.9. The lowest BCUT2D eigenvalue weighted by Gasteiger charge is -2.43. The number of para-hydroxylation sites is 1. The third-order valence-corrected chi connectivity index (χ3v) is 6.02. The van der Waals surface area contributed by atoms with Gasteiger partial charge in [-0.05, 0) is 31.9 Å². The zero-order valence-electron chi connectivity index (χ0n) is 13.9. The van der Waals surface area contributed by atoms with Gasteiger partial charge in [-0.1, -0.05) is 6.07 Å². The minimum Gasteiger partial charge on any atom is -0.481 e. The van der Waals surface area contributed by atoms with E-state index >= 15 is 0 Å². The number of anilines is 2. The Labute approximate surface area is 144 Å². The van der Waals surface area contributed by atoms with Gasteiger partial charge in [0.15, 0.2) is 0 Å². The number of carbonyl (C=O) groups is 1. The molecule has 0 amide bonds. The molecule has 2 aromatic rings. The van der Waals surface area contributed by atoms with Crippen LogP contribution >= 0.6 is 0 Å². The lowest BCUT2D eigenvalue weighted by atomic mass is 9.93. The molecule has 3 heterocycles. The summed E-state index contributed by atoms with van der Waals surface area (Å²) >= 11 is 0. The molecular weight excluding hydrogens is 323 g/mol. The van der Waals surface area contributed by atoms with E-state index in [1.54, 1.807) is 6.07 Å². The molecular formula is C18H19FN4O2. The summed E-state index contributed by atoms with van der Waals surface area (Å²) in [6.45, 7) is 4.33. The van der Waals surface area contributed by atoms with E-state index < -0.39 is 5.97 Å². The van der Waals surface area contributed by atoms with Crippen LogP contribution in [-0.4, -0.2) is 46.7 Å². The predicted octanol–water partition coefficient (Wildman–Crippen LogP) is 2.28. The van der Waals surface area contributed by atoms with Crippen molar-refractivity contribution in [1.29, 1.82) is 0 Å². The number of nitrogens with zero attached hydrogens (tertiary/aromatic N) is 4. The quantitative estimate of drug-likeness (QED) is 0.923. The Kier molecular flexibility index (Phi) is 2.86. The van der Waals surface area contributed by atoms with Crippen molar-refractivity contribution in [2.24, 2.45) is 11.3 Å². The van der Waals surface area contributed by atoms with Crippen LogP contribution in [0.5, 0.6) is 0 Å². The molecule has 3 fully saturated rings. The summed E-state index contributed by atoms with van der Waals surface area (Å²) in [4.78, 5) is 24.5. The highest BCUT2D eigenvalue weighted by Gasteiger charge is 2.65. The summed E-state index contributed by atoms with van der Waals surface area (Å²) in [5, 5.41) is 9.90. The molecule has 2 aliphatic heterocycles. The third kappa shape index (κ3) is 2.04. The number of carboxylic acid groups (broad SMARTS) is 1. The van der Waals surface area contributed by atoms with Gasteiger partial charge >= 0.3 is 5.97 Å². The molecule has 6 nitrogen and oxygen atoms in total. The van der Waals surface area contributed by atoms with Crippen molar-refractivity contribution >= 4 is 28.6 Å². The van der Waals surface area contributed by atoms with E-state index in [1.165, 1.54) is 6.07 Å². The molecule has 5 rings (SSSR count). The Morgan fingerprint density at radius 2 is 2.16 bits per heavy atom. The monoisotopic (exact) mass is 342 g/mol. The first-order chi connectivity index (χ1) is 12.0. The normalized spacial score (nSPS) is 26.5. The highest BCUT2D eigenvalue weighted by atomic mass is 19.1. The zero-order chi connectivity index (χ0) is 17.3. The largest absolute Gasteiger partial charge is 0.481 e. The third-order valence-electron chi connectivity index (χ3n) is 6.02. The van der Waals surface area contributed by atoms with Crippen LogP contribution < -0.4 is 9.80 Å². The van der Waals surface area contributed by atoms with E-state index in [0.717, 1.165) is 25.2 Å². The second kappa shape index (κ2) is 4.80. The number of hydrogen-bond acceptors (Lipinski definition) is 5. The number of fused-ring (bicyclic) bond motifs is 1. The van der Waals surface area contributed by atoms with Crippen LogP contribution in [0.15, 0.2) is 18.2 Å². The Balaban J connectivity index is 1.53. The van der Waals surface area contributed by atoms with Crippen molar-refractivity contribution in [2.45, 2.75) is 25.8 Å². The number of benzene rings is 1. The molecule has 1 aliphatic carbocycles. The predicted molar refractivity (Wildman–Crippen MR) is 91.3 cm³/mol. The van der Waals surface area contributed by atoms with Crippen molar-refractivity contribution < 1.29 is 14.3 Å². The maximum atomic E-state index is 14.3. The van der Waals surface area contributed by atoms with Crippen LogP contribution in [0.4, 0.5) is 16.2 Å². The lowest BCUT2D eigenvalue weighted by molar-refractivity contribution is -0.139. The Bertz CT molecular complexity index is 896. The molecule has 3 aliphatic rings. The number of aliphatic carboxylic acids is 1. The number of carboxylic acids is 1. The average molecular weight is 342 g/mol. The number of rotatable bonds is 3. The SMILES string of the molecule is C[C@H]1CCN1c1nc(N2CC3(C[C@@H]3C(=O)O)C2)c2cccc(F)c2n1. The molecule has 25 heavy (non-hydrogen) atoms. The Morgan fingerprint density at radius 3 is 2.76 bits per heavy atom. The molecule has 0 bridgehead atoms. The lowest BCUT2D eigenvalue weighted by Crippen LogP contribution is -2.51. The molecule has 1 N–H and O–H groups in total. The minimum absolute atomic E-state index is 0.110. The second-order valence-corrected chi connectivity index (χ2v) is 7.63. The first-order valence-corrected chi connectivity index (χ1v) is 8.69. The Morgan fingerprint density at radius 1 is 1.36 bits per heavy atom. The van der Waals surface area contributed by atoms with Crippen molar-refractivity contribution in [3.63, 3.8) is 0 Å². The van der Waals surface area contributed by atoms with Gasteiger partial charge in [0.2, 0.25) is 5.95 Å². The molecule has 1 aromatic heterocycles. The van der Waals surface area contributed by atoms with Gasteiger partial charge in [0, 0.05) is 36.5 Å². The molecule has 2 saturated heterocycles. The van der Waals surface area contributed by atoms with Crippen molar-refractivity contribution in [3.05, 3.63) is 24.0 Å². The molecule has 1 spiro atoms. The van der Waals surface area contributed by atoms with Crippen LogP contribution in [-0.2, 0) is 4.79 Å². The van der Waals surface area contributed by atoms with Gasteiger partial charge in [-0.25, -0.2) is 9.37 Å². The number of aromatic nitrogens is 2. The topological polar surface area (TPSA) is 69.6 Å². The smallest absolute Gasteiger partial charge is 0.307 e. The number of halogens is 1. The van der Waals surface area contributed by atoms with Gasteiger partial charge in [0.1, 0.15) is 17.2 Å². The van der Waals surface area contributed by atoms with Gasteiger partial charge in [0.25, 0.3) is 0 Å². The van der Waals surface area contributed by atoms with E-state index in [1.807, 2.05) is 6.07 Å². The summed E-state index contributed by atoms with van der Waals surface area (Å²) in [5.41, 5.74) is 0.230. The van der Waals surface area contributed by atoms with E-state index in [0.29, 0.717) is 36.0 Å². The molecule has 2 atom stereocenters. The highest BCUT2D eigenvalue weighted by molar-refractivity contribution is 5.92. The van der Waals surface area contributed by atoms with Crippen molar-refractivity contribution in [2.75, 3.05) is 29.4 Å². The summed E-state index contributed by atoms with van der Waals surface area (Å²) in [5.74, 6) is -0.0180. The van der Waals surface area contributed by atoms with Crippen LogP contribution in [0.3, 0.4) is 0 Å². The number of hydrogen-bond donors (Lipinski definition) is 1. The van der Waals surface area contributed by atoms with E-state index in [2.05, 4.69) is 21.7 Å². The van der Waals surface area contributed by atoms with E-state index in [9.17, 15) is 14.3 Å². The van der Waals surface area contributed by atoms with Gasteiger partial charge in [-0.3, -0.25) is 4.79 Å². The van der Waals surface area contributed by atoms with Crippen LogP contribution in [0.25, 0.3) is 10.9 Å². The second-order valence-electron chi connectivity index (χ2n) is 7.63. The average Bonchev–Trinajstić information content (AvgIpc) is 3.28. The van der Waals surface area contributed by atoms with Gasteiger partial charge < -0.3 is 14.9 Å². The fourth-order valence-electron chi connectivity index (χ4n) is 4.18.